The molecule has 0 aromatic heterocycles. The van der Waals surface area contributed by atoms with E-state index in [4.69, 9.17) is 14.2 Å². The summed E-state index contributed by atoms with van der Waals surface area (Å²) in [6.45, 7) is 5.04. The molecule has 0 fully saturated rings. The van der Waals surface area contributed by atoms with Crippen LogP contribution >= 0.6 is 0 Å². The first-order chi connectivity index (χ1) is 12.2. The van der Waals surface area contributed by atoms with Gasteiger partial charge in [-0.05, 0) is 50.2 Å². The zero-order chi connectivity index (χ0) is 17.9. The molecule has 0 saturated heterocycles. The lowest BCUT2D eigenvalue weighted by Crippen LogP contribution is -2.34. The maximum Gasteiger partial charge on any atom is 0.119 e. The van der Waals surface area contributed by atoms with Crippen molar-refractivity contribution < 1.29 is 14.2 Å². The minimum absolute atomic E-state index is 0.456. The van der Waals surface area contributed by atoms with Crippen molar-refractivity contribution in [3.05, 3.63) is 60.2 Å². The highest BCUT2D eigenvalue weighted by Gasteiger charge is 2.10. The molecule has 1 unspecified atom stereocenters. The summed E-state index contributed by atoms with van der Waals surface area (Å²) in [4.78, 5) is 2.32. The fourth-order valence-corrected chi connectivity index (χ4v) is 2.52. The zero-order valence-corrected chi connectivity index (χ0v) is 15.5. The zero-order valence-electron chi connectivity index (χ0n) is 15.5. The lowest BCUT2D eigenvalue weighted by atomic mass is 10.1. The van der Waals surface area contributed by atoms with Crippen LogP contribution in [0.2, 0.25) is 0 Å². The highest BCUT2D eigenvalue weighted by molar-refractivity contribution is 5.27. The Balaban J connectivity index is 1.58. The minimum Gasteiger partial charge on any atom is -0.497 e. The topological polar surface area (TPSA) is 30.9 Å². The fourth-order valence-electron chi connectivity index (χ4n) is 2.52. The van der Waals surface area contributed by atoms with Crippen molar-refractivity contribution >= 4 is 0 Å². The molecule has 1 atom stereocenters. The van der Waals surface area contributed by atoms with Crippen molar-refractivity contribution in [2.24, 2.45) is 0 Å². The van der Waals surface area contributed by atoms with Gasteiger partial charge in [-0.15, -0.1) is 0 Å². The summed E-state index contributed by atoms with van der Waals surface area (Å²) < 4.78 is 16.5. The summed E-state index contributed by atoms with van der Waals surface area (Å²) in [5, 5.41) is 0. The molecule has 4 nitrogen and oxygen atoms in total. The van der Waals surface area contributed by atoms with Crippen LogP contribution < -0.4 is 9.47 Å². The molecule has 0 aliphatic rings. The van der Waals surface area contributed by atoms with Crippen molar-refractivity contribution in [3.8, 4) is 11.5 Å². The molecule has 2 rings (SSSR count). The van der Waals surface area contributed by atoms with Crippen molar-refractivity contribution in [2.75, 3.05) is 40.5 Å². The highest BCUT2D eigenvalue weighted by atomic mass is 16.5. The predicted molar refractivity (Wildman–Crippen MR) is 102 cm³/mol. The van der Waals surface area contributed by atoms with Crippen LogP contribution in [-0.2, 0) is 11.2 Å². The van der Waals surface area contributed by atoms with Gasteiger partial charge in [0, 0.05) is 12.6 Å². The first-order valence-corrected chi connectivity index (χ1v) is 8.78. The summed E-state index contributed by atoms with van der Waals surface area (Å²) in [6.07, 6.45) is 1.01. The van der Waals surface area contributed by atoms with Crippen LogP contribution in [0.15, 0.2) is 54.6 Å². The van der Waals surface area contributed by atoms with Gasteiger partial charge in [-0.3, -0.25) is 0 Å². The van der Waals surface area contributed by atoms with Gasteiger partial charge in [0.1, 0.15) is 18.1 Å². The first-order valence-electron chi connectivity index (χ1n) is 8.78. The van der Waals surface area contributed by atoms with Crippen LogP contribution in [-0.4, -0.2) is 51.5 Å². The van der Waals surface area contributed by atoms with Gasteiger partial charge in [0.25, 0.3) is 0 Å². The molecule has 2 aromatic carbocycles. The Labute approximate surface area is 151 Å². The molecule has 0 amide bonds. The fraction of sp³-hybridized carbons (Fsp3) is 0.429. The van der Waals surface area contributed by atoms with E-state index in [1.54, 1.807) is 7.11 Å². The summed E-state index contributed by atoms with van der Waals surface area (Å²) in [6, 6.07) is 18.6. The Bertz CT molecular complexity index is 586. The van der Waals surface area contributed by atoms with Gasteiger partial charge in [0.15, 0.2) is 0 Å². The SMILES string of the molecule is COc1ccc(CC(C)N(C)CCOCCOc2ccccc2)cc1. The van der Waals surface area contributed by atoms with Crippen LogP contribution in [0.1, 0.15) is 12.5 Å². The molecule has 4 heteroatoms. The molecule has 136 valence electrons. The monoisotopic (exact) mass is 343 g/mol. The number of hydrogen-bond acceptors (Lipinski definition) is 4. The third-order valence-electron chi connectivity index (χ3n) is 4.27. The second kappa shape index (κ2) is 10.7. The first kappa shape index (κ1) is 19.3. The van der Waals surface area contributed by atoms with Gasteiger partial charge in [-0.2, -0.15) is 0 Å². The van der Waals surface area contributed by atoms with Crippen molar-refractivity contribution in [2.45, 2.75) is 19.4 Å². The van der Waals surface area contributed by atoms with Crippen LogP contribution in [0.4, 0.5) is 0 Å². The van der Waals surface area contributed by atoms with Crippen LogP contribution in [0.5, 0.6) is 11.5 Å². The van der Waals surface area contributed by atoms with E-state index in [9.17, 15) is 0 Å². The number of para-hydroxylation sites is 1. The van der Waals surface area contributed by atoms with Gasteiger partial charge in [0.2, 0.25) is 0 Å². The molecule has 0 saturated carbocycles. The number of likely N-dealkylation sites (N-methyl/N-ethyl adjacent to an activating group) is 1. The lowest BCUT2D eigenvalue weighted by molar-refractivity contribution is 0.0778. The van der Waals surface area contributed by atoms with E-state index < -0.39 is 0 Å². The van der Waals surface area contributed by atoms with E-state index >= 15 is 0 Å². The van der Waals surface area contributed by atoms with Crippen LogP contribution in [0.3, 0.4) is 0 Å². The van der Waals surface area contributed by atoms with E-state index in [2.05, 4.69) is 31.0 Å². The average Bonchev–Trinajstić information content (AvgIpc) is 2.65. The average molecular weight is 343 g/mol. The Morgan fingerprint density at radius 1 is 0.880 bits per heavy atom. The van der Waals surface area contributed by atoms with E-state index in [1.807, 2.05) is 42.5 Å². The standard InChI is InChI=1S/C21H29NO3/c1-18(17-19-9-11-20(23-3)12-10-19)22(2)13-14-24-15-16-25-21-7-5-4-6-8-21/h4-12,18H,13-17H2,1-3H3. The minimum atomic E-state index is 0.456. The normalized spacial score (nSPS) is 12.2. The molecule has 0 N–H and O–H groups in total. The number of hydrogen-bond donors (Lipinski definition) is 0. The third kappa shape index (κ3) is 7.16. The number of benzene rings is 2. The van der Waals surface area contributed by atoms with Crippen LogP contribution in [0.25, 0.3) is 0 Å². The van der Waals surface area contributed by atoms with Crippen molar-refractivity contribution in [3.63, 3.8) is 0 Å². The molecular formula is C21H29NO3. The Morgan fingerprint density at radius 3 is 2.28 bits per heavy atom. The van der Waals surface area contributed by atoms with Crippen LogP contribution in [0, 0.1) is 0 Å². The van der Waals surface area contributed by atoms with Gasteiger partial charge in [0.05, 0.1) is 20.3 Å². The maximum absolute atomic E-state index is 5.67. The molecule has 0 aliphatic carbocycles. The van der Waals surface area contributed by atoms with E-state index in [0.29, 0.717) is 25.9 Å². The smallest absolute Gasteiger partial charge is 0.119 e. The van der Waals surface area contributed by atoms with Crippen molar-refractivity contribution in [1.29, 1.82) is 0 Å². The summed E-state index contributed by atoms with van der Waals surface area (Å²) in [5.74, 6) is 1.78. The maximum atomic E-state index is 5.67. The van der Waals surface area contributed by atoms with E-state index in [-0.39, 0.29) is 0 Å². The Morgan fingerprint density at radius 2 is 1.60 bits per heavy atom. The second-order valence-electron chi connectivity index (χ2n) is 6.16. The molecule has 0 bridgehead atoms. The predicted octanol–water partition coefficient (Wildman–Crippen LogP) is 3.65. The second-order valence-corrected chi connectivity index (χ2v) is 6.16. The molecule has 0 radical (unpaired) electrons. The van der Waals surface area contributed by atoms with E-state index in [1.165, 1.54) is 5.56 Å². The molecule has 0 spiro atoms. The number of nitrogens with zero attached hydrogens (tertiary/aromatic N) is 1. The Kier molecular flexibility index (Phi) is 8.29. The van der Waals surface area contributed by atoms with Gasteiger partial charge in [-0.1, -0.05) is 30.3 Å². The molecule has 25 heavy (non-hydrogen) atoms. The van der Waals surface area contributed by atoms with Gasteiger partial charge >= 0.3 is 0 Å². The molecule has 0 heterocycles. The van der Waals surface area contributed by atoms with Gasteiger partial charge < -0.3 is 19.1 Å². The highest BCUT2D eigenvalue weighted by Crippen LogP contribution is 2.14. The number of rotatable bonds is 11. The van der Waals surface area contributed by atoms with E-state index in [0.717, 1.165) is 24.5 Å². The van der Waals surface area contributed by atoms with Gasteiger partial charge in [-0.25, -0.2) is 0 Å². The molecule has 2 aromatic rings. The summed E-state index contributed by atoms with van der Waals surface area (Å²) in [7, 11) is 3.83. The quantitative estimate of drug-likeness (QED) is 0.583. The molecular weight excluding hydrogens is 314 g/mol. The number of ether oxygens (including phenoxy) is 3. The molecule has 0 aliphatic heterocycles. The largest absolute Gasteiger partial charge is 0.497 e. The third-order valence-corrected chi connectivity index (χ3v) is 4.27. The summed E-state index contributed by atoms with van der Waals surface area (Å²) in [5.41, 5.74) is 1.32. The summed E-state index contributed by atoms with van der Waals surface area (Å²) >= 11 is 0. The van der Waals surface area contributed by atoms with Crippen molar-refractivity contribution in [1.82, 2.24) is 4.90 Å². The Hall–Kier alpha value is -2.04. The number of methoxy groups -OCH3 is 1. The lowest BCUT2D eigenvalue weighted by Gasteiger charge is -2.24.